The van der Waals surface area contributed by atoms with E-state index in [0.29, 0.717) is 19.6 Å². The average Bonchev–Trinajstić information content (AvgIpc) is 3.13. The van der Waals surface area contributed by atoms with Crippen molar-refractivity contribution in [2.75, 3.05) is 13.2 Å². The lowest BCUT2D eigenvalue weighted by Gasteiger charge is -2.54. The molecule has 0 aliphatic carbocycles. The molecule has 0 N–H and O–H groups in total. The second-order valence-electron chi connectivity index (χ2n) is 16.7. The zero-order valence-corrected chi connectivity index (χ0v) is 34.2. The first kappa shape index (κ1) is 41.6. The molecule has 11 atom stereocenters. The average molecular weight is 783 g/mol. The van der Waals surface area contributed by atoms with Gasteiger partial charge in [-0.3, -0.25) is 14.4 Å². The van der Waals surface area contributed by atoms with Gasteiger partial charge in [0.15, 0.2) is 32.4 Å². The van der Waals surface area contributed by atoms with E-state index in [1.165, 1.54) is 13.8 Å². The van der Waals surface area contributed by atoms with Gasteiger partial charge >= 0.3 is 11.9 Å². The Kier molecular flexibility index (Phi) is 13.7. The third kappa shape index (κ3) is 10.3. The van der Waals surface area contributed by atoms with Crippen LogP contribution >= 0.6 is 0 Å². The van der Waals surface area contributed by atoms with Gasteiger partial charge in [-0.2, -0.15) is 0 Å². The van der Waals surface area contributed by atoms with Crippen LogP contribution in [0.25, 0.3) is 0 Å². The zero-order valence-electron chi connectivity index (χ0n) is 33.2. The standard InChI is InChI=1S/C42H58O12Si/c1-26(43)49-40(36-30(45)21-32(48-24-29-17-12-9-13-18-29)35(52-36)25-46-23-28-15-10-8-11-16-28)39-34(54-55(6,7)42(3,4)5)22-33-38(53-39)41(50-27(2)44)37-31(51-33)19-14-20-47-37/h8-13,15-18,31-41H,14,19-25H2,1-7H3/t31-,32-,33+,34-,35+,36+,37-,38+,39-,40-,41+/m0/s1. The number of rotatable bonds is 13. The van der Waals surface area contributed by atoms with Crippen LogP contribution < -0.4 is 0 Å². The minimum atomic E-state index is -2.49. The van der Waals surface area contributed by atoms with Crippen LogP contribution in [0.4, 0.5) is 0 Å². The van der Waals surface area contributed by atoms with E-state index in [4.69, 9.17) is 42.3 Å². The summed E-state index contributed by atoms with van der Waals surface area (Å²) in [5.74, 6) is -1.38. The van der Waals surface area contributed by atoms with E-state index >= 15 is 0 Å². The molecule has 4 saturated heterocycles. The molecule has 4 aliphatic rings. The molecule has 0 aromatic heterocycles. The van der Waals surface area contributed by atoms with Crippen LogP contribution in [0.1, 0.15) is 71.4 Å². The zero-order chi connectivity index (χ0) is 39.3. The molecule has 4 heterocycles. The number of ketones is 1. The molecule has 4 aliphatic heterocycles. The smallest absolute Gasteiger partial charge is 0.303 e. The van der Waals surface area contributed by atoms with E-state index in [9.17, 15) is 14.4 Å². The molecular formula is C42H58O12Si. The van der Waals surface area contributed by atoms with E-state index in [2.05, 4.69) is 33.9 Å². The normalized spacial score (nSPS) is 31.8. The maximum absolute atomic E-state index is 14.3. The van der Waals surface area contributed by atoms with E-state index in [0.717, 1.165) is 24.0 Å². The molecule has 13 heteroatoms. The SMILES string of the molecule is CC(=O)O[C@@H]1[C@H]2OCCC[C@@H]2O[C@@H]2C[C@H](O[Si](C)(C)C(C)(C)C)[C@@H]([C@@H](OC(C)=O)[C@@H]3O[C@H](COCc4ccccc4)[C@@H](OCc4ccccc4)CC3=O)O[C@@H]12. The number of esters is 2. The van der Waals surface area contributed by atoms with Crippen LogP contribution in [0.3, 0.4) is 0 Å². The number of benzene rings is 2. The first-order valence-corrected chi connectivity index (χ1v) is 22.5. The summed E-state index contributed by atoms with van der Waals surface area (Å²) in [7, 11) is -2.49. The Morgan fingerprint density at radius 3 is 2.16 bits per heavy atom. The summed E-state index contributed by atoms with van der Waals surface area (Å²) in [6.45, 7) is 14.6. The summed E-state index contributed by atoms with van der Waals surface area (Å²) in [5.41, 5.74) is 1.94. The highest BCUT2D eigenvalue weighted by molar-refractivity contribution is 6.74. The molecule has 0 saturated carbocycles. The topological polar surface area (TPSA) is 134 Å². The van der Waals surface area contributed by atoms with Crippen LogP contribution in [0.15, 0.2) is 60.7 Å². The van der Waals surface area contributed by atoms with Crippen molar-refractivity contribution >= 4 is 26.0 Å². The molecule has 0 radical (unpaired) electrons. The van der Waals surface area contributed by atoms with E-state index in [-0.39, 0.29) is 36.6 Å². The van der Waals surface area contributed by atoms with E-state index < -0.39 is 81.3 Å². The van der Waals surface area contributed by atoms with Crippen LogP contribution in [0.5, 0.6) is 0 Å². The number of carbonyl (C=O) groups excluding carboxylic acids is 3. The Balaban J connectivity index is 1.32. The number of carbonyl (C=O) groups is 3. The first-order chi connectivity index (χ1) is 26.2. The molecule has 0 spiro atoms. The van der Waals surface area contributed by atoms with Gasteiger partial charge < -0.3 is 42.3 Å². The first-order valence-electron chi connectivity index (χ1n) is 19.6. The summed E-state index contributed by atoms with van der Waals surface area (Å²) in [4.78, 5) is 39.8. The summed E-state index contributed by atoms with van der Waals surface area (Å²) in [5, 5.41) is -0.178. The van der Waals surface area contributed by atoms with E-state index in [1.54, 1.807) is 0 Å². The van der Waals surface area contributed by atoms with Gasteiger partial charge in [-0.05, 0) is 42.1 Å². The van der Waals surface area contributed by atoms with Crippen LogP contribution in [0.2, 0.25) is 18.1 Å². The van der Waals surface area contributed by atoms with Crippen molar-refractivity contribution in [3.8, 4) is 0 Å². The number of hydrogen-bond acceptors (Lipinski definition) is 12. The van der Waals surface area contributed by atoms with Crippen molar-refractivity contribution < 1.29 is 56.7 Å². The summed E-state index contributed by atoms with van der Waals surface area (Å²) < 4.78 is 58.0. The molecule has 302 valence electrons. The van der Waals surface area contributed by atoms with Crippen LogP contribution in [0, 0.1) is 0 Å². The van der Waals surface area contributed by atoms with Crippen molar-refractivity contribution in [3.05, 3.63) is 71.8 Å². The number of hydrogen-bond donors (Lipinski definition) is 0. The Morgan fingerprint density at radius 2 is 1.53 bits per heavy atom. The Morgan fingerprint density at radius 1 is 0.855 bits per heavy atom. The fraction of sp³-hybridized carbons (Fsp3) is 0.643. The highest BCUT2D eigenvalue weighted by Gasteiger charge is 2.59. The molecule has 0 unspecified atom stereocenters. The Hall–Kier alpha value is -3.01. The van der Waals surface area contributed by atoms with Gasteiger partial charge in [-0.25, -0.2) is 0 Å². The van der Waals surface area contributed by atoms with Gasteiger partial charge in [0.1, 0.15) is 24.4 Å². The number of Topliss-reactive ketones (excluding diaryl/α,β-unsaturated/α-hetero) is 1. The highest BCUT2D eigenvalue weighted by Crippen LogP contribution is 2.44. The van der Waals surface area contributed by atoms with Crippen molar-refractivity contribution in [1.82, 2.24) is 0 Å². The van der Waals surface area contributed by atoms with Gasteiger partial charge in [0.05, 0.1) is 44.2 Å². The lowest BCUT2D eigenvalue weighted by molar-refractivity contribution is -0.310. The number of fused-ring (bicyclic) bond motifs is 2. The molecule has 4 fully saturated rings. The quantitative estimate of drug-likeness (QED) is 0.178. The third-order valence-electron chi connectivity index (χ3n) is 11.5. The predicted octanol–water partition coefficient (Wildman–Crippen LogP) is 5.87. The lowest BCUT2D eigenvalue weighted by Crippen LogP contribution is -2.69. The molecule has 0 bridgehead atoms. The lowest BCUT2D eigenvalue weighted by atomic mass is 9.83. The van der Waals surface area contributed by atoms with Gasteiger partial charge in [0, 0.05) is 33.3 Å². The highest BCUT2D eigenvalue weighted by atomic mass is 28.4. The molecule has 6 rings (SSSR count). The fourth-order valence-corrected chi connectivity index (χ4v) is 9.05. The minimum absolute atomic E-state index is 0.00205. The predicted molar refractivity (Wildman–Crippen MR) is 203 cm³/mol. The Bertz CT molecular complexity index is 1580. The Labute approximate surface area is 325 Å². The third-order valence-corrected chi connectivity index (χ3v) is 16.0. The summed E-state index contributed by atoms with van der Waals surface area (Å²) >= 11 is 0. The maximum atomic E-state index is 14.3. The van der Waals surface area contributed by atoms with Crippen molar-refractivity contribution in [2.24, 2.45) is 0 Å². The molecule has 55 heavy (non-hydrogen) atoms. The van der Waals surface area contributed by atoms with Crippen molar-refractivity contribution in [3.63, 3.8) is 0 Å². The largest absolute Gasteiger partial charge is 0.457 e. The van der Waals surface area contributed by atoms with Crippen LogP contribution in [-0.4, -0.2) is 106 Å². The monoisotopic (exact) mass is 782 g/mol. The number of ether oxygens (including phenoxy) is 8. The molecular weight excluding hydrogens is 725 g/mol. The molecule has 12 nitrogen and oxygen atoms in total. The summed E-state index contributed by atoms with van der Waals surface area (Å²) in [6.07, 6.45) is -6.36. The van der Waals surface area contributed by atoms with Gasteiger partial charge in [0.2, 0.25) is 0 Å². The van der Waals surface area contributed by atoms with Gasteiger partial charge in [-0.15, -0.1) is 0 Å². The summed E-state index contributed by atoms with van der Waals surface area (Å²) in [6, 6.07) is 19.5. The van der Waals surface area contributed by atoms with E-state index in [1.807, 2.05) is 60.7 Å². The molecule has 0 amide bonds. The van der Waals surface area contributed by atoms with Crippen molar-refractivity contribution in [2.45, 2.75) is 159 Å². The second-order valence-corrected chi connectivity index (χ2v) is 21.4. The second kappa shape index (κ2) is 18.1. The fourth-order valence-electron chi connectivity index (χ4n) is 7.71. The molecule has 2 aromatic rings. The maximum Gasteiger partial charge on any atom is 0.303 e. The van der Waals surface area contributed by atoms with Gasteiger partial charge in [-0.1, -0.05) is 81.4 Å². The molecule has 2 aromatic carbocycles. The van der Waals surface area contributed by atoms with Gasteiger partial charge in [0.25, 0.3) is 0 Å². The van der Waals surface area contributed by atoms with Crippen LogP contribution in [-0.2, 0) is 69.9 Å². The van der Waals surface area contributed by atoms with Crippen molar-refractivity contribution in [1.29, 1.82) is 0 Å². The minimum Gasteiger partial charge on any atom is -0.457 e.